The second-order valence-electron chi connectivity index (χ2n) is 4.08. The summed E-state index contributed by atoms with van der Waals surface area (Å²) >= 11 is 11.9. The molecule has 0 aliphatic heterocycles. The Morgan fingerprint density at radius 3 is 2.53 bits per heavy atom. The van der Waals surface area contributed by atoms with E-state index < -0.39 is 0 Å². The highest BCUT2D eigenvalue weighted by Gasteiger charge is 2.13. The Bertz CT molecular complexity index is 549. The van der Waals surface area contributed by atoms with Crippen molar-refractivity contribution in [2.75, 3.05) is 6.54 Å². The minimum atomic E-state index is 0.530. The summed E-state index contributed by atoms with van der Waals surface area (Å²) in [6.45, 7) is 2.60. The molecule has 0 radical (unpaired) electrons. The van der Waals surface area contributed by atoms with Crippen molar-refractivity contribution < 1.29 is 4.74 Å². The number of nitrogens with zero attached hydrogens (tertiary/aromatic N) is 1. The number of aromatic amines is 1. The molecule has 2 aromatic rings. The lowest BCUT2D eigenvalue weighted by atomic mass is 10.1. The number of aromatic nitrogens is 2. The van der Waals surface area contributed by atoms with Crippen molar-refractivity contribution in [3.8, 4) is 11.6 Å². The quantitative estimate of drug-likeness (QED) is 0.887. The first-order valence-electron chi connectivity index (χ1n) is 6.04. The molecule has 0 aliphatic carbocycles. The van der Waals surface area contributed by atoms with Gasteiger partial charge < -0.3 is 10.5 Å². The van der Waals surface area contributed by atoms with Gasteiger partial charge in [-0.25, -0.2) is 5.10 Å². The van der Waals surface area contributed by atoms with Crippen molar-refractivity contribution in [2.24, 2.45) is 5.73 Å². The Kier molecular flexibility index (Phi) is 4.69. The molecule has 19 heavy (non-hydrogen) atoms. The van der Waals surface area contributed by atoms with Gasteiger partial charge in [0.1, 0.15) is 5.75 Å². The highest BCUT2D eigenvalue weighted by Crippen LogP contribution is 2.30. The van der Waals surface area contributed by atoms with Gasteiger partial charge >= 0.3 is 0 Å². The summed E-state index contributed by atoms with van der Waals surface area (Å²) in [6.07, 6.45) is 1.54. The summed E-state index contributed by atoms with van der Waals surface area (Å²) in [6, 6.07) is 5.07. The fourth-order valence-electron chi connectivity index (χ4n) is 1.88. The molecule has 0 saturated heterocycles. The fraction of sp³-hybridized carbons (Fsp3) is 0.308. The summed E-state index contributed by atoms with van der Waals surface area (Å²) in [5, 5.41) is 8.17. The van der Waals surface area contributed by atoms with E-state index >= 15 is 0 Å². The van der Waals surface area contributed by atoms with Gasteiger partial charge in [0.25, 0.3) is 0 Å². The molecule has 0 fully saturated rings. The molecule has 2 rings (SSSR count). The van der Waals surface area contributed by atoms with Gasteiger partial charge in [-0.3, -0.25) is 0 Å². The number of H-pyrrole nitrogens is 1. The lowest BCUT2D eigenvalue weighted by molar-refractivity contribution is 0.456. The largest absolute Gasteiger partial charge is 0.439 e. The van der Waals surface area contributed by atoms with Crippen molar-refractivity contribution in [1.29, 1.82) is 0 Å². The van der Waals surface area contributed by atoms with Crippen molar-refractivity contribution in [2.45, 2.75) is 19.8 Å². The Balaban J connectivity index is 2.27. The van der Waals surface area contributed by atoms with Crippen molar-refractivity contribution in [1.82, 2.24) is 10.2 Å². The van der Waals surface area contributed by atoms with Gasteiger partial charge in [0, 0.05) is 22.0 Å². The van der Waals surface area contributed by atoms with Gasteiger partial charge in [-0.15, -0.1) is 0 Å². The number of hydrogen-bond acceptors (Lipinski definition) is 3. The maximum atomic E-state index is 5.94. The molecule has 4 nitrogen and oxygen atoms in total. The van der Waals surface area contributed by atoms with Gasteiger partial charge in [-0.05, 0) is 31.2 Å². The third kappa shape index (κ3) is 3.41. The molecule has 0 spiro atoms. The molecule has 102 valence electrons. The standard InChI is InChI=1S/C13H15Cl2N3O/c1-2-11-12(3-4-16)17-18-13(11)19-10-6-8(14)5-9(15)7-10/h5-7H,2-4,16H2,1H3,(H,17,18). The summed E-state index contributed by atoms with van der Waals surface area (Å²) in [4.78, 5) is 0. The predicted octanol–water partition coefficient (Wildman–Crippen LogP) is 3.57. The van der Waals surface area contributed by atoms with Crippen LogP contribution in [0.4, 0.5) is 0 Å². The van der Waals surface area contributed by atoms with E-state index in [0.29, 0.717) is 28.2 Å². The topological polar surface area (TPSA) is 63.9 Å². The van der Waals surface area contributed by atoms with Gasteiger partial charge in [0.05, 0.1) is 5.69 Å². The summed E-state index contributed by atoms with van der Waals surface area (Å²) in [5.74, 6) is 1.19. The molecule has 0 bridgehead atoms. The molecule has 1 heterocycles. The SMILES string of the molecule is CCc1c(CCN)n[nH]c1Oc1cc(Cl)cc(Cl)c1. The lowest BCUT2D eigenvalue weighted by Crippen LogP contribution is -2.04. The van der Waals surface area contributed by atoms with Crippen molar-refractivity contribution in [3.63, 3.8) is 0 Å². The van der Waals surface area contributed by atoms with Gasteiger partial charge in [-0.1, -0.05) is 30.1 Å². The van der Waals surface area contributed by atoms with Crippen LogP contribution < -0.4 is 10.5 Å². The van der Waals surface area contributed by atoms with E-state index in [1.807, 2.05) is 6.92 Å². The third-order valence-corrected chi connectivity index (χ3v) is 3.14. The van der Waals surface area contributed by atoms with Gasteiger partial charge in [-0.2, -0.15) is 5.10 Å². The number of rotatable bonds is 5. The summed E-state index contributed by atoms with van der Waals surface area (Å²) in [5.41, 5.74) is 7.52. The number of benzene rings is 1. The van der Waals surface area contributed by atoms with Crippen LogP contribution >= 0.6 is 23.2 Å². The number of ether oxygens (including phenoxy) is 1. The molecule has 0 unspecified atom stereocenters. The van der Waals surface area contributed by atoms with E-state index in [1.165, 1.54) is 0 Å². The molecule has 3 N–H and O–H groups in total. The van der Waals surface area contributed by atoms with E-state index in [0.717, 1.165) is 24.1 Å². The summed E-state index contributed by atoms with van der Waals surface area (Å²) in [7, 11) is 0. The van der Waals surface area contributed by atoms with Crippen LogP contribution in [0.1, 0.15) is 18.2 Å². The molecular weight excluding hydrogens is 285 g/mol. The fourth-order valence-corrected chi connectivity index (χ4v) is 2.39. The van der Waals surface area contributed by atoms with E-state index in [9.17, 15) is 0 Å². The first-order valence-corrected chi connectivity index (χ1v) is 6.79. The first kappa shape index (κ1) is 14.2. The zero-order valence-electron chi connectivity index (χ0n) is 10.5. The number of hydrogen-bond donors (Lipinski definition) is 2. The molecule has 0 amide bonds. The van der Waals surface area contributed by atoms with Crippen LogP contribution in [0.15, 0.2) is 18.2 Å². The molecule has 1 aromatic carbocycles. The maximum Gasteiger partial charge on any atom is 0.218 e. The second kappa shape index (κ2) is 6.28. The molecule has 0 saturated carbocycles. The zero-order valence-corrected chi connectivity index (χ0v) is 12.1. The molecular formula is C13H15Cl2N3O. The van der Waals surface area contributed by atoms with Gasteiger partial charge in [0.2, 0.25) is 5.88 Å². The number of nitrogens with two attached hydrogens (primary N) is 1. The van der Waals surface area contributed by atoms with Crippen LogP contribution in [0.5, 0.6) is 11.6 Å². The van der Waals surface area contributed by atoms with Crippen LogP contribution in [-0.4, -0.2) is 16.7 Å². The minimum Gasteiger partial charge on any atom is -0.439 e. The minimum absolute atomic E-state index is 0.530. The lowest BCUT2D eigenvalue weighted by Gasteiger charge is -2.06. The van der Waals surface area contributed by atoms with Crippen LogP contribution in [-0.2, 0) is 12.8 Å². The van der Waals surface area contributed by atoms with E-state index in [2.05, 4.69) is 10.2 Å². The molecule has 0 atom stereocenters. The normalized spacial score (nSPS) is 10.7. The molecule has 1 aromatic heterocycles. The van der Waals surface area contributed by atoms with Crippen LogP contribution in [0.25, 0.3) is 0 Å². The summed E-state index contributed by atoms with van der Waals surface area (Å²) < 4.78 is 5.76. The third-order valence-electron chi connectivity index (χ3n) is 2.71. The average molecular weight is 300 g/mol. The molecule has 6 heteroatoms. The van der Waals surface area contributed by atoms with E-state index in [-0.39, 0.29) is 0 Å². The highest BCUT2D eigenvalue weighted by molar-refractivity contribution is 6.34. The Morgan fingerprint density at radius 1 is 1.26 bits per heavy atom. The number of halogens is 2. The Morgan fingerprint density at radius 2 is 1.95 bits per heavy atom. The first-order chi connectivity index (χ1) is 9.13. The van der Waals surface area contributed by atoms with Crippen LogP contribution in [0.2, 0.25) is 10.0 Å². The zero-order chi connectivity index (χ0) is 13.8. The van der Waals surface area contributed by atoms with E-state index in [1.54, 1.807) is 18.2 Å². The highest BCUT2D eigenvalue weighted by atomic mass is 35.5. The Hall–Kier alpha value is -1.23. The van der Waals surface area contributed by atoms with Crippen molar-refractivity contribution in [3.05, 3.63) is 39.5 Å². The van der Waals surface area contributed by atoms with Crippen molar-refractivity contribution >= 4 is 23.2 Å². The van der Waals surface area contributed by atoms with E-state index in [4.69, 9.17) is 33.7 Å². The Labute approximate surface area is 121 Å². The smallest absolute Gasteiger partial charge is 0.218 e. The average Bonchev–Trinajstić information content (AvgIpc) is 2.70. The van der Waals surface area contributed by atoms with Crippen LogP contribution in [0.3, 0.4) is 0 Å². The maximum absolute atomic E-state index is 5.94. The van der Waals surface area contributed by atoms with Gasteiger partial charge in [0.15, 0.2) is 0 Å². The monoisotopic (exact) mass is 299 g/mol. The predicted molar refractivity (Wildman–Crippen MR) is 77.3 cm³/mol. The van der Waals surface area contributed by atoms with Crippen LogP contribution in [0, 0.1) is 0 Å². The number of nitrogens with one attached hydrogen (secondary N) is 1. The molecule has 0 aliphatic rings. The second-order valence-corrected chi connectivity index (χ2v) is 4.95.